The van der Waals surface area contributed by atoms with Gasteiger partial charge in [-0.3, -0.25) is 0 Å². The van der Waals surface area contributed by atoms with E-state index < -0.39 is 25.6 Å². The highest BCUT2D eigenvalue weighted by Gasteiger charge is 2.16. The van der Waals surface area contributed by atoms with Crippen LogP contribution in [0.5, 0.6) is 5.75 Å². The van der Waals surface area contributed by atoms with Crippen LogP contribution in [0.15, 0.2) is 47.4 Å². The smallest absolute Gasteiger partial charge is 0.264 e. The molecule has 0 radical (unpaired) electrons. The van der Waals surface area contributed by atoms with Crippen LogP contribution in [-0.2, 0) is 15.7 Å². The molecule has 0 heterocycles. The molecule has 20 heavy (non-hydrogen) atoms. The van der Waals surface area contributed by atoms with Gasteiger partial charge in [-0.25, -0.2) is 17.2 Å². The molecule has 106 valence electrons. The van der Waals surface area contributed by atoms with Gasteiger partial charge in [-0.15, -0.1) is 0 Å². The summed E-state index contributed by atoms with van der Waals surface area (Å²) in [6, 6.07) is 8.96. The summed E-state index contributed by atoms with van der Waals surface area (Å²) in [4.78, 5) is -0.614. The Morgan fingerprint density at radius 1 is 1.10 bits per heavy atom. The lowest BCUT2D eigenvalue weighted by Gasteiger charge is -2.07. The topological polar surface area (TPSA) is 43.4 Å². The summed E-state index contributed by atoms with van der Waals surface area (Å²) in [5.41, 5.74) is 0.569. The van der Waals surface area contributed by atoms with Crippen molar-refractivity contribution in [1.29, 1.82) is 0 Å². The lowest BCUT2D eigenvalue weighted by Crippen LogP contribution is -1.99. The zero-order chi connectivity index (χ0) is 14.8. The Balaban J connectivity index is 2.14. The molecule has 0 bridgehead atoms. The molecule has 0 spiro atoms. The minimum absolute atomic E-state index is 0.0319. The van der Waals surface area contributed by atoms with E-state index in [9.17, 15) is 17.2 Å². The zero-order valence-corrected chi connectivity index (χ0v) is 11.6. The molecule has 0 aliphatic carbocycles. The monoisotopic (exact) mass is 318 g/mol. The van der Waals surface area contributed by atoms with Gasteiger partial charge in [-0.2, -0.15) is 0 Å². The SMILES string of the molecule is O=S(=O)(Cl)c1ccc(OCc2cccc(F)c2)cc1F. The van der Waals surface area contributed by atoms with Crippen LogP contribution in [0.25, 0.3) is 0 Å². The van der Waals surface area contributed by atoms with Crippen LogP contribution in [0.2, 0.25) is 0 Å². The van der Waals surface area contributed by atoms with Crippen molar-refractivity contribution in [1.82, 2.24) is 0 Å². The van der Waals surface area contributed by atoms with Crippen LogP contribution in [0.4, 0.5) is 8.78 Å². The molecule has 0 aliphatic rings. The molecule has 0 saturated carbocycles. The van der Waals surface area contributed by atoms with Crippen molar-refractivity contribution in [3.05, 3.63) is 59.7 Å². The number of ether oxygens (including phenoxy) is 1. The average Bonchev–Trinajstić information content (AvgIpc) is 2.35. The van der Waals surface area contributed by atoms with Crippen LogP contribution < -0.4 is 4.74 Å². The molecule has 2 aromatic rings. The predicted octanol–water partition coefficient (Wildman–Crippen LogP) is 3.47. The summed E-state index contributed by atoms with van der Waals surface area (Å²) in [7, 11) is 0.925. The quantitative estimate of drug-likeness (QED) is 0.811. The maximum atomic E-state index is 13.5. The van der Waals surface area contributed by atoms with E-state index in [-0.39, 0.29) is 12.4 Å². The Morgan fingerprint density at radius 2 is 1.85 bits per heavy atom. The molecule has 2 aromatic carbocycles. The Labute approximate surface area is 119 Å². The largest absolute Gasteiger partial charge is 0.489 e. The van der Waals surface area contributed by atoms with Crippen molar-refractivity contribution in [2.45, 2.75) is 11.5 Å². The van der Waals surface area contributed by atoms with Crippen LogP contribution in [0.1, 0.15) is 5.56 Å². The third-order valence-electron chi connectivity index (χ3n) is 2.46. The van der Waals surface area contributed by atoms with Crippen molar-refractivity contribution in [2.75, 3.05) is 0 Å². The van der Waals surface area contributed by atoms with Crippen LogP contribution in [-0.4, -0.2) is 8.42 Å². The van der Waals surface area contributed by atoms with E-state index in [0.29, 0.717) is 5.56 Å². The first-order valence-electron chi connectivity index (χ1n) is 5.48. The Kier molecular flexibility index (Phi) is 4.25. The van der Waals surface area contributed by atoms with Crippen molar-refractivity contribution in [2.24, 2.45) is 0 Å². The van der Waals surface area contributed by atoms with Gasteiger partial charge in [0.15, 0.2) is 0 Å². The molecule has 0 fully saturated rings. The Hall–Kier alpha value is -1.66. The van der Waals surface area contributed by atoms with Gasteiger partial charge in [-0.05, 0) is 29.8 Å². The average molecular weight is 319 g/mol. The Bertz CT molecular complexity index is 732. The third kappa shape index (κ3) is 3.68. The van der Waals surface area contributed by atoms with Crippen LogP contribution in [0.3, 0.4) is 0 Å². The molecule has 0 amide bonds. The summed E-state index contributed by atoms with van der Waals surface area (Å²) in [6.07, 6.45) is 0. The molecule has 0 aliphatic heterocycles. The molecular formula is C13H9ClF2O3S. The minimum atomic E-state index is -4.13. The van der Waals surface area contributed by atoms with Crippen molar-refractivity contribution in [3.63, 3.8) is 0 Å². The van der Waals surface area contributed by atoms with Gasteiger partial charge in [0.1, 0.15) is 28.9 Å². The summed E-state index contributed by atoms with van der Waals surface area (Å²) in [5, 5.41) is 0. The molecule has 0 atom stereocenters. The van der Waals surface area contributed by atoms with Gasteiger partial charge < -0.3 is 4.74 Å². The van der Waals surface area contributed by atoms with Gasteiger partial charge in [-0.1, -0.05) is 12.1 Å². The van der Waals surface area contributed by atoms with E-state index >= 15 is 0 Å². The first-order chi connectivity index (χ1) is 9.36. The summed E-state index contributed by atoms with van der Waals surface area (Å²) in [6.45, 7) is 0.0319. The van der Waals surface area contributed by atoms with Crippen molar-refractivity contribution >= 4 is 19.7 Å². The fraction of sp³-hybridized carbons (Fsp3) is 0.0769. The second kappa shape index (κ2) is 5.76. The molecule has 0 unspecified atom stereocenters. The molecule has 2 rings (SSSR count). The van der Waals surface area contributed by atoms with Gasteiger partial charge in [0, 0.05) is 16.7 Å². The van der Waals surface area contributed by atoms with Crippen LogP contribution >= 0.6 is 10.7 Å². The normalized spacial score (nSPS) is 11.3. The first kappa shape index (κ1) is 14.7. The lowest BCUT2D eigenvalue weighted by atomic mass is 10.2. The van der Waals surface area contributed by atoms with E-state index in [1.807, 2.05) is 0 Å². The van der Waals surface area contributed by atoms with Crippen molar-refractivity contribution < 1.29 is 21.9 Å². The summed E-state index contributed by atoms with van der Waals surface area (Å²) in [5.74, 6) is -1.28. The first-order valence-corrected chi connectivity index (χ1v) is 7.78. The fourth-order valence-corrected chi connectivity index (χ4v) is 2.46. The highest BCUT2D eigenvalue weighted by Crippen LogP contribution is 2.23. The predicted molar refractivity (Wildman–Crippen MR) is 70.2 cm³/mol. The van der Waals surface area contributed by atoms with Gasteiger partial charge in [0.25, 0.3) is 9.05 Å². The van der Waals surface area contributed by atoms with E-state index in [2.05, 4.69) is 0 Å². The van der Waals surface area contributed by atoms with Gasteiger partial charge in [0.2, 0.25) is 0 Å². The van der Waals surface area contributed by atoms with E-state index in [4.69, 9.17) is 15.4 Å². The molecule has 0 saturated heterocycles. The minimum Gasteiger partial charge on any atom is -0.489 e. The maximum absolute atomic E-state index is 13.5. The second-order valence-electron chi connectivity index (χ2n) is 3.95. The van der Waals surface area contributed by atoms with Gasteiger partial charge in [0.05, 0.1) is 0 Å². The summed E-state index contributed by atoms with van der Waals surface area (Å²) < 4.78 is 53.8. The molecule has 3 nitrogen and oxygen atoms in total. The molecule has 0 N–H and O–H groups in total. The lowest BCUT2D eigenvalue weighted by molar-refractivity contribution is 0.303. The molecule has 0 aromatic heterocycles. The summed E-state index contributed by atoms with van der Waals surface area (Å²) >= 11 is 0. The highest BCUT2D eigenvalue weighted by molar-refractivity contribution is 8.13. The fourth-order valence-electron chi connectivity index (χ4n) is 1.56. The van der Waals surface area contributed by atoms with E-state index in [1.165, 1.54) is 24.3 Å². The van der Waals surface area contributed by atoms with Crippen molar-refractivity contribution in [3.8, 4) is 5.75 Å². The van der Waals surface area contributed by atoms with Gasteiger partial charge >= 0.3 is 0 Å². The third-order valence-corrected chi connectivity index (χ3v) is 3.82. The number of halogens is 3. The number of hydrogen-bond donors (Lipinski definition) is 0. The van der Waals surface area contributed by atoms with E-state index in [1.54, 1.807) is 6.07 Å². The number of hydrogen-bond acceptors (Lipinski definition) is 3. The van der Waals surface area contributed by atoms with Crippen LogP contribution in [0, 0.1) is 11.6 Å². The highest BCUT2D eigenvalue weighted by atomic mass is 35.7. The number of benzene rings is 2. The second-order valence-corrected chi connectivity index (χ2v) is 6.48. The molecular weight excluding hydrogens is 310 g/mol. The maximum Gasteiger partial charge on any atom is 0.264 e. The molecule has 7 heteroatoms. The Morgan fingerprint density at radius 3 is 2.45 bits per heavy atom. The standard InChI is InChI=1S/C13H9ClF2O3S/c14-20(17,18)13-5-4-11(7-12(13)16)19-8-9-2-1-3-10(15)6-9/h1-7H,8H2. The zero-order valence-electron chi connectivity index (χ0n) is 10.0. The van der Waals surface area contributed by atoms with E-state index in [0.717, 1.165) is 12.1 Å². The number of rotatable bonds is 4.